The van der Waals surface area contributed by atoms with Crippen LogP contribution in [-0.4, -0.2) is 40.3 Å². The van der Waals surface area contributed by atoms with Crippen molar-refractivity contribution in [1.82, 2.24) is 14.5 Å². The van der Waals surface area contributed by atoms with Crippen LogP contribution >= 0.6 is 11.8 Å². The van der Waals surface area contributed by atoms with E-state index in [9.17, 15) is 9.59 Å². The molecule has 0 saturated carbocycles. The summed E-state index contributed by atoms with van der Waals surface area (Å²) in [5, 5.41) is 0.900. The van der Waals surface area contributed by atoms with E-state index in [4.69, 9.17) is 9.47 Å². The zero-order chi connectivity index (χ0) is 22.7. The van der Waals surface area contributed by atoms with Crippen LogP contribution in [0.4, 0.5) is 0 Å². The van der Waals surface area contributed by atoms with E-state index >= 15 is 0 Å². The summed E-state index contributed by atoms with van der Waals surface area (Å²) in [5.41, 5.74) is 1.67. The van der Waals surface area contributed by atoms with Gasteiger partial charge in [-0.1, -0.05) is 30.0 Å². The van der Waals surface area contributed by atoms with Crippen molar-refractivity contribution >= 4 is 28.4 Å². The highest BCUT2D eigenvalue weighted by Crippen LogP contribution is 2.29. The first-order valence-corrected chi connectivity index (χ1v) is 10.8. The summed E-state index contributed by atoms with van der Waals surface area (Å²) in [7, 11) is 3.06. The lowest BCUT2D eigenvalue weighted by Crippen LogP contribution is -2.23. The molecule has 0 N–H and O–H groups in total. The van der Waals surface area contributed by atoms with Gasteiger partial charge in [-0.25, -0.2) is 14.5 Å². The number of carbonyl (C=O) groups excluding carboxylic acids is 1. The molecule has 162 valence electrons. The van der Waals surface area contributed by atoms with Crippen molar-refractivity contribution in [1.29, 1.82) is 0 Å². The average Bonchev–Trinajstić information content (AvgIpc) is 2.83. The zero-order valence-corrected chi connectivity index (χ0v) is 18.7. The van der Waals surface area contributed by atoms with Crippen molar-refractivity contribution in [2.45, 2.75) is 12.1 Å². The number of methoxy groups -OCH3 is 2. The molecule has 4 aromatic rings. The molecular formula is C24H21N3O4S. The third-order valence-electron chi connectivity index (χ3n) is 4.98. The number of ether oxygens (including phenoxy) is 2. The number of fused-ring (bicyclic) bond motifs is 1. The van der Waals surface area contributed by atoms with Gasteiger partial charge >= 0.3 is 0 Å². The molecule has 2 aromatic carbocycles. The number of Topliss-reactive ketones (excluding diaryl/α,β-unsaturated/α-hetero) is 1. The van der Waals surface area contributed by atoms with E-state index in [0.717, 1.165) is 5.56 Å². The number of aryl methyl sites for hydroxylation is 1. The molecule has 0 atom stereocenters. The molecule has 2 heterocycles. The molecule has 0 aliphatic carbocycles. The van der Waals surface area contributed by atoms with Gasteiger partial charge in [0, 0.05) is 11.8 Å². The van der Waals surface area contributed by atoms with E-state index in [2.05, 4.69) is 9.97 Å². The Morgan fingerprint density at radius 2 is 1.81 bits per heavy atom. The van der Waals surface area contributed by atoms with Crippen LogP contribution in [0.25, 0.3) is 16.7 Å². The van der Waals surface area contributed by atoms with Crippen molar-refractivity contribution < 1.29 is 14.3 Å². The van der Waals surface area contributed by atoms with Crippen LogP contribution in [0.1, 0.15) is 15.9 Å². The van der Waals surface area contributed by atoms with E-state index < -0.39 is 0 Å². The standard InChI is InChI=1S/C24H21N3O4S/c1-15-7-6-12-25-22(15)27-23(29)17-8-4-5-9-18(17)26-24(27)32-14-19(28)16-10-11-20(30-2)21(13-16)31-3/h4-13H,14H2,1-3H3. The molecule has 2 aromatic heterocycles. The lowest BCUT2D eigenvalue weighted by atomic mass is 10.1. The summed E-state index contributed by atoms with van der Waals surface area (Å²) in [4.78, 5) is 35.3. The van der Waals surface area contributed by atoms with Gasteiger partial charge in [0.2, 0.25) is 0 Å². The van der Waals surface area contributed by atoms with Gasteiger partial charge in [-0.15, -0.1) is 0 Å². The van der Waals surface area contributed by atoms with E-state index in [0.29, 0.717) is 38.9 Å². The van der Waals surface area contributed by atoms with Crippen LogP contribution in [0.15, 0.2) is 70.7 Å². The number of pyridine rings is 1. The lowest BCUT2D eigenvalue weighted by Gasteiger charge is -2.14. The van der Waals surface area contributed by atoms with Gasteiger partial charge in [0.05, 0.1) is 30.9 Å². The van der Waals surface area contributed by atoms with E-state index in [1.54, 1.807) is 49.7 Å². The molecule has 0 aliphatic rings. The third kappa shape index (κ3) is 4.09. The number of ketones is 1. The van der Waals surface area contributed by atoms with Crippen LogP contribution in [0, 0.1) is 6.92 Å². The van der Waals surface area contributed by atoms with Crippen LogP contribution in [0.3, 0.4) is 0 Å². The molecule has 4 rings (SSSR count). The topological polar surface area (TPSA) is 83.3 Å². The fourth-order valence-corrected chi connectivity index (χ4v) is 4.22. The molecule has 7 nitrogen and oxygen atoms in total. The summed E-state index contributed by atoms with van der Waals surface area (Å²) < 4.78 is 12.0. The Hall–Kier alpha value is -3.65. The van der Waals surface area contributed by atoms with Gasteiger partial charge in [-0.2, -0.15) is 0 Å². The Balaban J connectivity index is 1.73. The number of nitrogens with zero attached hydrogens (tertiary/aromatic N) is 3. The maximum absolute atomic E-state index is 13.3. The maximum Gasteiger partial charge on any atom is 0.267 e. The second kappa shape index (κ2) is 9.23. The average molecular weight is 448 g/mol. The number of rotatable bonds is 7. The minimum Gasteiger partial charge on any atom is -0.493 e. The number of benzene rings is 2. The van der Waals surface area contributed by atoms with Crippen molar-refractivity contribution in [3.63, 3.8) is 0 Å². The van der Waals surface area contributed by atoms with Crippen molar-refractivity contribution in [3.05, 3.63) is 82.3 Å². The molecule has 0 aliphatic heterocycles. The Bertz CT molecular complexity index is 1370. The highest BCUT2D eigenvalue weighted by molar-refractivity contribution is 7.99. The predicted octanol–water partition coefficient (Wildman–Crippen LogP) is 4.08. The fourth-order valence-electron chi connectivity index (χ4n) is 3.33. The quantitative estimate of drug-likeness (QED) is 0.240. The summed E-state index contributed by atoms with van der Waals surface area (Å²) in [6.07, 6.45) is 1.63. The minimum absolute atomic E-state index is 0.0894. The Morgan fingerprint density at radius 3 is 2.56 bits per heavy atom. The maximum atomic E-state index is 13.3. The molecule has 0 radical (unpaired) electrons. The molecule has 32 heavy (non-hydrogen) atoms. The summed E-state index contributed by atoms with van der Waals surface area (Å²) in [6, 6.07) is 15.9. The second-order valence-electron chi connectivity index (χ2n) is 6.98. The second-order valence-corrected chi connectivity index (χ2v) is 7.92. The highest BCUT2D eigenvalue weighted by atomic mass is 32.2. The molecule has 0 bridgehead atoms. The first-order valence-electron chi connectivity index (χ1n) is 9.85. The number of aromatic nitrogens is 3. The molecule has 0 fully saturated rings. The SMILES string of the molecule is COc1ccc(C(=O)CSc2nc3ccccc3c(=O)n2-c2ncccc2C)cc1OC. The smallest absolute Gasteiger partial charge is 0.267 e. The number of carbonyl (C=O) groups is 1. The Kier molecular flexibility index (Phi) is 6.23. The lowest BCUT2D eigenvalue weighted by molar-refractivity contribution is 0.102. The minimum atomic E-state index is -0.224. The van der Waals surface area contributed by atoms with Gasteiger partial charge in [-0.05, 0) is 48.9 Å². The van der Waals surface area contributed by atoms with Crippen molar-refractivity contribution in [2.24, 2.45) is 0 Å². The molecule has 0 saturated heterocycles. The predicted molar refractivity (Wildman–Crippen MR) is 124 cm³/mol. The first kappa shape index (κ1) is 21.6. The summed E-state index contributed by atoms with van der Waals surface area (Å²) in [6.45, 7) is 1.88. The van der Waals surface area contributed by atoms with Crippen LogP contribution < -0.4 is 15.0 Å². The van der Waals surface area contributed by atoms with E-state index in [1.165, 1.54) is 23.4 Å². The van der Waals surface area contributed by atoms with Gasteiger partial charge < -0.3 is 9.47 Å². The largest absolute Gasteiger partial charge is 0.493 e. The molecule has 0 spiro atoms. The van der Waals surface area contributed by atoms with Gasteiger partial charge in [0.15, 0.2) is 22.4 Å². The molecule has 0 amide bonds. The zero-order valence-electron chi connectivity index (χ0n) is 17.9. The number of hydrogen-bond acceptors (Lipinski definition) is 7. The number of thioether (sulfide) groups is 1. The Morgan fingerprint density at radius 1 is 1.03 bits per heavy atom. The van der Waals surface area contributed by atoms with Crippen molar-refractivity contribution in [2.75, 3.05) is 20.0 Å². The van der Waals surface area contributed by atoms with Gasteiger partial charge in [0.1, 0.15) is 5.82 Å². The number of hydrogen-bond donors (Lipinski definition) is 0. The monoisotopic (exact) mass is 447 g/mol. The first-order chi connectivity index (χ1) is 15.5. The summed E-state index contributed by atoms with van der Waals surface area (Å²) >= 11 is 1.20. The summed E-state index contributed by atoms with van der Waals surface area (Å²) in [5.74, 6) is 1.49. The third-order valence-corrected chi connectivity index (χ3v) is 5.92. The van der Waals surface area contributed by atoms with Gasteiger partial charge in [-0.3, -0.25) is 9.59 Å². The Labute approximate surface area is 189 Å². The van der Waals surface area contributed by atoms with E-state index in [1.807, 2.05) is 25.1 Å². The molecule has 8 heteroatoms. The number of para-hydroxylation sites is 1. The molecular weight excluding hydrogens is 426 g/mol. The fraction of sp³-hybridized carbons (Fsp3) is 0.167. The van der Waals surface area contributed by atoms with Crippen molar-refractivity contribution in [3.8, 4) is 17.3 Å². The van der Waals surface area contributed by atoms with Crippen LogP contribution in [-0.2, 0) is 0 Å². The van der Waals surface area contributed by atoms with Crippen LogP contribution in [0.2, 0.25) is 0 Å². The molecule has 0 unspecified atom stereocenters. The normalized spacial score (nSPS) is 10.8. The van der Waals surface area contributed by atoms with Crippen LogP contribution in [0.5, 0.6) is 11.5 Å². The highest BCUT2D eigenvalue weighted by Gasteiger charge is 2.18. The van der Waals surface area contributed by atoms with E-state index in [-0.39, 0.29) is 17.1 Å². The van der Waals surface area contributed by atoms with Gasteiger partial charge in [0.25, 0.3) is 5.56 Å².